The smallest absolute Gasteiger partial charge is 0.327 e. The zero-order chi connectivity index (χ0) is 29.1. The van der Waals surface area contributed by atoms with Crippen LogP contribution in [0.5, 0.6) is 5.75 Å². The zero-order valence-corrected chi connectivity index (χ0v) is 22.4. The molecule has 12 nitrogen and oxygen atoms in total. The molecular formula is C27H32N6O6S. The van der Waals surface area contributed by atoms with Crippen molar-refractivity contribution in [2.75, 3.05) is 5.75 Å². The van der Waals surface area contributed by atoms with Gasteiger partial charge in [-0.25, -0.2) is 9.78 Å². The van der Waals surface area contributed by atoms with E-state index < -0.39 is 47.9 Å². The third kappa shape index (κ3) is 9.13. The number of carbonyl (C=O) groups excluding carboxylic acids is 3. The largest absolute Gasteiger partial charge is 0.508 e. The van der Waals surface area contributed by atoms with Crippen LogP contribution < -0.4 is 21.7 Å². The Morgan fingerprint density at radius 3 is 1.90 bits per heavy atom. The molecule has 1 heterocycles. The number of carboxylic acid groups (broad SMARTS) is 1. The molecule has 0 bridgehead atoms. The van der Waals surface area contributed by atoms with Gasteiger partial charge in [0.15, 0.2) is 0 Å². The van der Waals surface area contributed by atoms with Crippen LogP contribution in [-0.2, 0) is 38.4 Å². The van der Waals surface area contributed by atoms with Gasteiger partial charge < -0.3 is 36.9 Å². The molecule has 4 atom stereocenters. The molecule has 8 N–H and O–H groups in total. The normalized spacial score (nSPS) is 13.8. The van der Waals surface area contributed by atoms with Gasteiger partial charge in [-0.2, -0.15) is 12.6 Å². The summed E-state index contributed by atoms with van der Waals surface area (Å²) in [6.45, 7) is 0. The first-order valence-corrected chi connectivity index (χ1v) is 13.1. The molecule has 212 valence electrons. The average Bonchev–Trinajstić information content (AvgIpc) is 3.45. The highest BCUT2D eigenvalue weighted by molar-refractivity contribution is 7.80. The van der Waals surface area contributed by atoms with E-state index in [-0.39, 0.29) is 30.8 Å². The molecule has 0 fully saturated rings. The summed E-state index contributed by atoms with van der Waals surface area (Å²) in [5.41, 5.74) is 8.06. The molecule has 4 unspecified atom stereocenters. The van der Waals surface area contributed by atoms with Crippen molar-refractivity contribution in [1.29, 1.82) is 0 Å². The van der Waals surface area contributed by atoms with Gasteiger partial charge in [0, 0.05) is 36.9 Å². The fourth-order valence-electron chi connectivity index (χ4n) is 3.87. The number of benzene rings is 2. The number of amides is 3. The van der Waals surface area contributed by atoms with Crippen LogP contribution in [0.15, 0.2) is 67.1 Å². The number of rotatable bonds is 14. The van der Waals surface area contributed by atoms with E-state index in [0.717, 1.165) is 5.56 Å². The highest BCUT2D eigenvalue weighted by Crippen LogP contribution is 2.12. The van der Waals surface area contributed by atoms with E-state index in [0.29, 0.717) is 11.3 Å². The minimum absolute atomic E-state index is 0.0305. The van der Waals surface area contributed by atoms with Gasteiger partial charge >= 0.3 is 5.97 Å². The van der Waals surface area contributed by atoms with Crippen molar-refractivity contribution in [2.45, 2.75) is 43.4 Å². The summed E-state index contributed by atoms with van der Waals surface area (Å²) in [6, 6.07) is 10.4. The molecule has 2 aromatic carbocycles. The van der Waals surface area contributed by atoms with Crippen molar-refractivity contribution in [3.63, 3.8) is 0 Å². The summed E-state index contributed by atoms with van der Waals surface area (Å²) in [5.74, 6) is -3.38. The first-order valence-electron chi connectivity index (χ1n) is 12.5. The van der Waals surface area contributed by atoms with Crippen LogP contribution in [0.1, 0.15) is 16.8 Å². The lowest BCUT2D eigenvalue weighted by atomic mass is 10.0. The summed E-state index contributed by atoms with van der Waals surface area (Å²) in [7, 11) is 0. The van der Waals surface area contributed by atoms with E-state index >= 15 is 0 Å². The number of phenolic OH excluding ortho intramolecular Hbond substituents is 1. The molecule has 13 heteroatoms. The molecule has 0 aliphatic rings. The Morgan fingerprint density at radius 2 is 1.38 bits per heavy atom. The van der Waals surface area contributed by atoms with Crippen LogP contribution in [0.2, 0.25) is 0 Å². The van der Waals surface area contributed by atoms with Gasteiger partial charge in [0.2, 0.25) is 17.7 Å². The van der Waals surface area contributed by atoms with Gasteiger partial charge in [-0.3, -0.25) is 14.4 Å². The third-order valence-electron chi connectivity index (χ3n) is 6.05. The van der Waals surface area contributed by atoms with E-state index in [1.807, 2.05) is 0 Å². The van der Waals surface area contributed by atoms with Crippen molar-refractivity contribution in [3.8, 4) is 5.75 Å². The van der Waals surface area contributed by atoms with E-state index in [9.17, 15) is 29.4 Å². The maximum absolute atomic E-state index is 13.5. The number of aliphatic carboxylic acids is 1. The Morgan fingerprint density at radius 1 is 0.825 bits per heavy atom. The molecular weight excluding hydrogens is 536 g/mol. The Hall–Kier alpha value is -4.36. The van der Waals surface area contributed by atoms with Gasteiger partial charge in [0.25, 0.3) is 0 Å². The van der Waals surface area contributed by atoms with Gasteiger partial charge in [0.1, 0.15) is 23.9 Å². The summed E-state index contributed by atoms with van der Waals surface area (Å²) >= 11 is 3.98. The third-order valence-corrected chi connectivity index (χ3v) is 6.42. The summed E-state index contributed by atoms with van der Waals surface area (Å²) in [4.78, 5) is 57.8. The fourth-order valence-corrected chi connectivity index (χ4v) is 4.12. The Kier molecular flexibility index (Phi) is 11.1. The van der Waals surface area contributed by atoms with Gasteiger partial charge in [-0.05, 0) is 23.3 Å². The summed E-state index contributed by atoms with van der Waals surface area (Å²) in [6.07, 6.45) is 3.25. The van der Waals surface area contributed by atoms with E-state index in [1.165, 1.54) is 24.7 Å². The molecule has 0 aliphatic carbocycles. The van der Waals surface area contributed by atoms with Crippen molar-refractivity contribution in [1.82, 2.24) is 25.9 Å². The lowest BCUT2D eigenvalue weighted by Crippen LogP contribution is -2.58. The fraction of sp³-hybridized carbons (Fsp3) is 0.296. The van der Waals surface area contributed by atoms with E-state index in [1.54, 1.807) is 42.5 Å². The quantitative estimate of drug-likeness (QED) is 0.124. The number of aromatic amines is 1. The SMILES string of the molecule is NC(Cc1cnc[nH]1)C(=O)NC(Cc1ccc(O)cc1)C(=O)NC(Cc1ccccc1)C(=O)NC(CS)C(=O)O. The second kappa shape index (κ2) is 14.7. The van der Waals surface area contributed by atoms with E-state index in [2.05, 4.69) is 38.5 Å². The van der Waals surface area contributed by atoms with Crippen molar-refractivity contribution in [2.24, 2.45) is 5.73 Å². The Balaban J connectivity index is 1.82. The first-order chi connectivity index (χ1) is 19.2. The topological polar surface area (TPSA) is 200 Å². The van der Waals surface area contributed by atoms with E-state index in [4.69, 9.17) is 5.73 Å². The number of carboxylic acids is 1. The van der Waals surface area contributed by atoms with Gasteiger partial charge in [-0.15, -0.1) is 0 Å². The average molecular weight is 569 g/mol. The molecule has 3 aromatic rings. The molecule has 0 radical (unpaired) electrons. The van der Waals surface area contributed by atoms with Crippen LogP contribution in [-0.4, -0.2) is 73.8 Å². The number of imidazole rings is 1. The predicted octanol–water partition coefficient (Wildman–Crippen LogP) is -0.0607. The standard InChI is InChI=1S/C27H32N6O6S/c28-20(12-18-13-29-15-30-18)24(35)31-21(11-17-6-8-19(34)9-7-17)25(36)32-22(10-16-4-2-1-3-5-16)26(37)33-23(14-40)27(38)39/h1-9,13,15,20-23,34,40H,10-12,14,28H2,(H,29,30)(H,31,35)(H,32,36)(H,33,37)(H,38,39). The van der Waals surface area contributed by atoms with Crippen LogP contribution >= 0.6 is 12.6 Å². The minimum Gasteiger partial charge on any atom is -0.508 e. The first kappa shape index (κ1) is 30.2. The van der Waals surface area contributed by atoms with Crippen molar-refractivity contribution >= 4 is 36.3 Å². The maximum Gasteiger partial charge on any atom is 0.327 e. The zero-order valence-electron chi connectivity index (χ0n) is 21.5. The minimum atomic E-state index is -1.27. The molecule has 0 saturated carbocycles. The van der Waals surface area contributed by atoms with Crippen molar-refractivity contribution < 1.29 is 29.4 Å². The van der Waals surface area contributed by atoms with Gasteiger partial charge in [-0.1, -0.05) is 42.5 Å². The number of thiol groups is 1. The monoisotopic (exact) mass is 568 g/mol. The molecule has 0 spiro atoms. The number of H-pyrrole nitrogens is 1. The molecule has 0 saturated heterocycles. The molecule has 0 aliphatic heterocycles. The highest BCUT2D eigenvalue weighted by atomic mass is 32.1. The summed E-state index contributed by atoms with van der Waals surface area (Å²) in [5, 5.41) is 26.7. The molecule has 3 rings (SSSR count). The predicted molar refractivity (Wildman–Crippen MR) is 150 cm³/mol. The van der Waals surface area contributed by atoms with Gasteiger partial charge in [0.05, 0.1) is 12.4 Å². The lowest BCUT2D eigenvalue weighted by Gasteiger charge is -2.25. The second-order valence-electron chi connectivity index (χ2n) is 9.15. The maximum atomic E-state index is 13.5. The van der Waals surface area contributed by atoms with Crippen LogP contribution in [0.25, 0.3) is 0 Å². The number of phenols is 1. The summed E-state index contributed by atoms with van der Waals surface area (Å²) < 4.78 is 0. The number of nitrogens with one attached hydrogen (secondary N) is 4. The Labute approximate surface area is 236 Å². The van der Waals surface area contributed by atoms with Crippen LogP contribution in [0.3, 0.4) is 0 Å². The van der Waals surface area contributed by atoms with Crippen LogP contribution in [0, 0.1) is 0 Å². The molecule has 40 heavy (non-hydrogen) atoms. The number of aromatic hydroxyl groups is 1. The number of nitrogens with zero attached hydrogens (tertiary/aromatic N) is 1. The van der Waals surface area contributed by atoms with Crippen molar-refractivity contribution in [3.05, 3.63) is 83.9 Å². The Bertz CT molecular complexity index is 1270. The number of aromatic nitrogens is 2. The number of hydrogen-bond acceptors (Lipinski definition) is 8. The molecule has 3 amide bonds. The lowest BCUT2D eigenvalue weighted by molar-refractivity contribution is -0.141. The molecule has 1 aromatic heterocycles. The van der Waals surface area contributed by atoms with Crippen LogP contribution in [0.4, 0.5) is 0 Å². The second-order valence-corrected chi connectivity index (χ2v) is 9.52. The highest BCUT2D eigenvalue weighted by Gasteiger charge is 2.30. The number of nitrogens with two attached hydrogens (primary N) is 1. The number of hydrogen-bond donors (Lipinski definition) is 8. The number of carbonyl (C=O) groups is 4.